The van der Waals surface area contributed by atoms with Gasteiger partial charge in [-0.2, -0.15) is 5.26 Å². The summed E-state index contributed by atoms with van der Waals surface area (Å²) in [5.41, 5.74) is 4.00. The lowest BCUT2D eigenvalue weighted by Gasteiger charge is -2.11. The van der Waals surface area contributed by atoms with Crippen LogP contribution in [0.2, 0.25) is 0 Å². The molecule has 0 aliphatic carbocycles. The van der Waals surface area contributed by atoms with Gasteiger partial charge in [0.15, 0.2) is 0 Å². The molecule has 0 atom stereocenters. The molecular weight excluding hydrogens is 244 g/mol. The Morgan fingerprint density at radius 2 is 1.55 bits per heavy atom. The van der Waals surface area contributed by atoms with E-state index in [1.165, 1.54) is 5.56 Å². The van der Waals surface area contributed by atoms with Crippen molar-refractivity contribution in [3.8, 4) is 6.07 Å². The number of aryl methyl sites for hydroxylation is 1. The molecule has 3 rings (SSSR count). The zero-order valence-corrected chi connectivity index (χ0v) is 11.2. The van der Waals surface area contributed by atoms with E-state index < -0.39 is 0 Å². The average molecular weight is 258 g/mol. The summed E-state index contributed by atoms with van der Waals surface area (Å²) in [6.45, 7) is 2.07. The first kappa shape index (κ1) is 12.3. The van der Waals surface area contributed by atoms with E-state index >= 15 is 0 Å². The molecule has 2 heteroatoms. The summed E-state index contributed by atoms with van der Waals surface area (Å²) in [5.74, 6) is 0. The van der Waals surface area contributed by atoms with E-state index in [2.05, 4.69) is 42.6 Å². The van der Waals surface area contributed by atoms with Gasteiger partial charge >= 0.3 is 0 Å². The number of hydrogen-bond acceptors (Lipinski definition) is 2. The molecule has 0 amide bonds. The molecule has 0 aromatic heterocycles. The molecule has 0 fully saturated rings. The third kappa shape index (κ3) is 2.22. The van der Waals surface area contributed by atoms with Crippen LogP contribution in [0.25, 0.3) is 10.8 Å². The topological polar surface area (TPSA) is 35.8 Å². The van der Waals surface area contributed by atoms with Gasteiger partial charge in [-0.05, 0) is 31.2 Å². The molecule has 1 N–H and O–H groups in total. The van der Waals surface area contributed by atoms with E-state index in [4.69, 9.17) is 0 Å². The molecule has 0 aliphatic heterocycles. The largest absolute Gasteiger partial charge is 0.355 e. The summed E-state index contributed by atoms with van der Waals surface area (Å²) < 4.78 is 0. The highest BCUT2D eigenvalue weighted by Crippen LogP contribution is 2.28. The Labute approximate surface area is 118 Å². The number of nitriles is 1. The molecule has 0 saturated carbocycles. The van der Waals surface area contributed by atoms with Crippen molar-refractivity contribution in [1.29, 1.82) is 5.26 Å². The van der Waals surface area contributed by atoms with Crippen molar-refractivity contribution in [2.24, 2.45) is 0 Å². The minimum atomic E-state index is 0.704. The van der Waals surface area contributed by atoms with Crippen LogP contribution < -0.4 is 5.32 Å². The molecule has 0 aliphatic rings. The molecule has 0 spiro atoms. The van der Waals surface area contributed by atoms with Gasteiger partial charge in [-0.15, -0.1) is 0 Å². The first-order valence-corrected chi connectivity index (χ1v) is 6.53. The third-order valence-electron chi connectivity index (χ3n) is 3.38. The normalized spacial score (nSPS) is 10.2. The van der Waals surface area contributed by atoms with Crippen LogP contribution >= 0.6 is 0 Å². The minimum absolute atomic E-state index is 0.704. The quantitative estimate of drug-likeness (QED) is 0.719. The van der Waals surface area contributed by atoms with Crippen molar-refractivity contribution < 1.29 is 0 Å². The van der Waals surface area contributed by atoms with Gasteiger partial charge in [0.2, 0.25) is 0 Å². The highest BCUT2D eigenvalue weighted by atomic mass is 14.9. The van der Waals surface area contributed by atoms with Gasteiger partial charge in [-0.1, -0.05) is 42.0 Å². The first-order chi connectivity index (χ1) is 9.78. The van der Waals surface area contributed by atoms with E-state index in [0.717, 1.165) is 22.1 Å². The molecule has 2 nitrogen and oxygen atoms in total. The van der Waals surface area contributed by atoms with Crippen LogP contribution in [-0.4, -0.2) is 0 Å². The van der Waals surface area contributed by atoms with Crippen molar-refractivity contribution in [2.75, 3.05) is 5.32 Å². The van der Waals surface area contributed by atoms with E-state index in [1.807, 2.05) is 36.4 Å². The van der Waals surface area contributed by atoms with E-state index in [1.54, 1.807) is 0 Å². The second kappa shape index (κ2) is 5.07. The SMILES string of the molecule is Cc1ccc(Nc2ccc(C#N)c3ccccc23)cc1. The predicted molar refractivity (Wildman–Crippen MR) is 83.1 cm³/mol. The molecule has 0 unspecified atom stereocenters. The van der Waals surface area contributed by atoms with E-state index in [9.17, 15) is 5.26 Å². The van der Waals surface area contributed by atoms with Crippen LogP contribution in [0.4, 0.5) is 11.4 Å². The maximum atomic E-state index is 9.18. The van der Waals surface area contributed by atoms with Gasteiger partial charge in [0.1, 0.15) is 0 Å². The monoisotopic (exact) mass is 258 g/mol. The van der Waals surface area contributed by atoms with Crippen molar-refractivity contribution >= 4 is 22.1 Å². The van der Waals surface area contributed by atoms with Gasteiger partial charge in [-0.25, -0.2) is 0 Å². The lowest BCUT2D eigenvalue weighted by Crippen LogP contribution is -1.92. The summed E-state index contributed by atoms with van der Waals surface area (Å²) in [6.07, 6.45) is 0. The smallest absolute Gasteiger partial charge is 0.0998 e. The zero-order valence-electron chi connectivity index (χ0n) is 11.2. The van der Waals surface area contributed by atoms with E-state index in [-0.39, 0.29) is 0 Å². The van der Waals surface area contributed by atoms with E-state index in [0.29, 0.717) is 5.56 Å². The summed E-state index contributed by atoms with van der Waals surface area (Å²) in [7, 11) is 0. The van der Waals surface area contributed by atoms with Crippen LogP contribution in [0.15, 0.2) is 60.7 Å². The Kier molecular flexibility index (Phi) is 3.10. The number of fused-ring (bicyclic) bond motifs is 1. The van der Waals surface area contributed by atoms with Gasteiger partial charge in [-0.3, -0.25) is 0 Å². The Balaban J connectivity index is 2.09. The summed E-state index contributed by atoms with van der Waals surface area (Å²) in [5, 5.41) is 14.6. The standard InChI is InChI=1S/C18H14N2/c1-13-6-9-15(10-7-13)20-18-11-8-14(12-19)16-4-2-3-5-17(16)18/h2-11,20H,1H3. The molecule has 0 saturated heterocycles. The van der Waals surface area contributed by atoms with Crippen molar-refractivity contribution in [3.05, 3.63) is 71.8 Å². The third-order valence-corrected chi connectivity index (χ3v) is 3.38. The van der Waals surface area contributed by atoms with Gasteiger partial charge in [0, 0.05) is 22.1 Å². The van der Waals surface area contributed by atoms with Crippen LogP contribution in [0.5, 0.6) is 0 Å². The molecule has 20 heavy (non-hydrogen) atoms. The average Bonchev–Trinajstić information content (AvgIpc) is 2.50. The number of hydrogen-bond donors (Lipinski definition) is 1. The predicted octanol–water partition coefficient (Wildman–Crippen LogP) is 4.76. The van der Waals surface area contributed by atoms with Crippen LogP contribution in [-0.2, 0) is 0 Å². The Bertz CT molecular complexity index is 796. The lowest BCUT2D eigenvalue weighted by atomic mass is 10.0. The highest BCUT2D eigenvalue weighted by molar-refractivity contribution is 5.98. The molecular formula is C18H14N2. The van der Waals surface area contributed by atoms with Crippen molar-refractivity contribution in [2.45, 2.75) is 6.92 Å². The summed E-state index contributed by atoms with van der Waals surface area (Å²) in [6, 6.07) is 22.3. The fourth-order valence-electron chi connectivity index (χ4n) is 2.30. The second-order valence-electron chi connectivity index (χ2n) is 4.81. The maximum absolute atomic E-state index is 9.18. The maximum Gasteiger partial charge on any atom is 0.0998 e. The fraction of sp³-hybridized carbons (Fsp3) is 0.0556. The Morgan fingerprint density at radius 3 is 2.25 bits per heavy atom. The molecule has 0 heterocycles. The summed E-state index contributed by atoms with van der Waals surface area (Å²) in [4.78, 5) is 0. The molecule has 0 bridgehead atoms. The summed E-state index contributed by atoms with van der Waals surface area (Å²) >= 11 is 0. The molecule has 0 radical (unpaired) electrons. The zero-order chi connectivity index (χ0) is 13.9. The number of benzene rings is 3. The van der Waals surface area contributed by atoms with Crippen LogP contribution in [0, 0.1) is 18.3 Å². The number of nitrogens with zero attached hydrogens (tertiary/aromatic N) is 1. The molecule has 96 valence electrons. The van der Waals surface area contributed by atoms with Crippen LogP contribution in [0.3, 0.4) is 0 Å². The minimum Gasteiger partial charge on any atom is -0.355 e. The van der Waals surface area contributed by atoms with Gasteiger partial charge in [0.25, 0.3) is 0 Å². The number of nitrogens with one attached hydrogen (secondary N) is 1. The van der Waals surface area contributed by atoms with Gasteiger partial charge in [0.05, 0.1) is 11.6 Å². The van der Waals surface area contributed by atoms with Crippen LogP contribution in [0.1, 0.15) is 11.1 Å². The van der Waals surface area contributed by atoms with Crippen molar-refractivity contribution in [1.82, 2.24) is 0 Å². The first-order valence-electron chi connectivity index (χ1n) is 6.53. The number of anilines is 2. The Hall–Kier alpha value is -2.79. The fourth-order valence-corrected chi connectivity index (χ4v) is 2.30. The lowest BCUT2D eigenvalue weighted by molar-refractivity contribution is 1.46. The van der Waals surface area contributed by atoms with Gasteiger partial charge < -0.3 is 5.32 Å². The number of rotatable bonds is 2. The second-order valence-corrected chi connectivity index (χ2v) is 4.81. The molecule has 3 aromatic carbocycles. The molecule has 3 aromatic rings. The highest BCUT2D eigenvalue weighted by Gasteiger charge is 2.05. The van der Waals surface area contributed by atoms with Crippen molar-refractivity contribution in [3.63, 3.8) is 0 Å². The Morgan fingerprint density at radius 1 is 0.850 bits per heavy atom.